The van der Waals surface area contributed by atoms with Gasteiger partial charge in [-0.05, 0) is 47.4 Å². The van der Waals surface area contributed by atoms with E-state index in [1.165, 1.54) is 26.0 Å². The molecule has 1 N–H and O–H groups in total. The summed E-state index contributed by atoms with van der Waals surface area (Å²) in [6.07, 6.45) is -6.35. The van der Waals surface area contributed by atoms with Crippen LogP contribution in [0.4, 0.5) is 4.39 Å². The minimum atomic E-state index is -1.44. The van der Waals surface area contributed by atoms with Crippen LogP contribution in [0.3, 0.4) is 0 Å². The largest absolute Gasteiger partial charge is 0.463 e. The Morgan fingerprint density at radius 3 is 2.07 bits per heavy atom. The van der Waals surface area contributed by atoms with Gasteiger partial charge in [-0.25, -0.2) is 4.39 Å². The quantitative estimate of drug-likeness (QED) is 0.298. The monoisotopic (exact) mass is 603 g/mol. The minimum absolute atomic E-state index is 0.198. The Labute approximate surface area is 247 Å². The number of ether oxygens (including phenoxy) is 6. The van der Waals surface area contributed by atoms with Gasteiger partial charge in [0.2, 0.25) is 18.3 Å². The molecule has 1 unspecified atom stereocenters. The lowest BCUT2D eigenvalue weighted by Crippen LogP contribution is -2.63. The van der Waals surface area contributed by atoms with Gasteiger partial charge in [0.1, 0.15) is 24.3 Å². The molecule has 1 saturated heterocycles. The molecule has 0 spiro atoms. The van der Waals surface area contributed by atoms with Crippen LogP contribution in [0.25, 0.3) is 11.1 Å². The second-order valence-corrected chi connectivity index (χ2v) is 9.75. The van der Waals surface area contributed by atoms with E-state index < -0.39 is 67.0 Å². The number of esters is 4. The highest BCUT2D eigenvalue weighted by molar-refractivity contribution is 5.73. The predicted octanol–water partition coefficient (Wildman–Crippen LogP) is 2.63. The van der Waals surface area contributed by atoms with Crippen LogP contribution in [0.1, 0.15) is 40.2 Å². The zero-order chi connectivity index (χ0) is 31.7. The number of hydrogen-bond acceptors (Lipinski definition) is 11. The van der Waals surface area contributed by atoms with E-state index in [-0.39, 0.29) is 11.7 Å². The molecule has 5 atom stereocenters. The Morgan fingerprint density at radius 1 is 0.814 bits per heavy atom. The Kier molecular flexibility index (Phi) is 11.6. The first-order valence-corrected chi connectivity index (χ1v) is 13.4. The molecule has 0 bridgehead atoms. The highest BCUT2D eigenvalue weighted by Crippen LogP contribution is 2.34. The van der Waals surface area contributed by atoms with Crippen molar-refractivity contribution >= 4 is 29.8 Å². The molecule has 0 radical (unpaired) electrons. The van der Waals surface area contributed by atoms with Crippen LogP contribution in [0.2, 0.25) is 0 Å². The molecule has 0 saturated carbocycles. The maximum Gasteiger partial charge on any atom is 0.303 e. The molecule has 1 aliphatic rings. The summed E-state index contributed by atoms with van der Waals surface area (Å²) in [7, 11) is 0. The van der Waals surface area contributed by atoms with Crippen molar-refractivity contribution in [2.24, 2.45) is 0 Å². The number of carbonyl (C=O) groups is 5. The lowest BCUT2D eigenvalue weighted by Gasteiger charge is -2.43. The molecule has 2 aromatic rings. The molecule has 0 aromatic heterocycles. The Balaban J connectivity index is 2.04. The van der Waals surface area contributed by atoms with E-state index in [1.807, 2.05) is 0 Å². The van der Waals surface area contributed by atoms with E-state index >= 15 is 0 Å². The van der Waals surface area contributed by atoms with Gasteiger partial charge in [-0.2, -0.15) is 0 Å². The van der Waals surface area contributed by atoms with E-state index in [0.717, 1.165) is 26.3 Å². The maximum absolute atomic E-state index is 14.2. The van der Waals surface area contributed by atoms with Gasteiger partial charge in [0.25, 0.3) is 0 Å². The molecule has 1 amide bonds. The van der Waals surface area contributed by atoms with E-state index in [2.05, 4.69) is 5.32 Å². The van der Waals surface area contributed by atoms with Crippen molar-refractivity contribution in [1.82, 2.24) is 5.32 Å². The number of amides is 1. The molecule has 2 aromatic carbocycles. The predicted molar refractivity (Wildman–Crippen MR) is 147 cm³/mol. The first kappa shape index (κ1) is 33.0. The van der Waals surface area contributed by atoms with Gasteiger partial charge in [0.15, 0.2) is 12.2 Å². The number of halogens is 1. The first-order chi connectivity index (χ1) is 20.3. The summed E-state index contributed by atoms with van der Waals surface area (Å²) in [6, 6.07) is 10.8. The zero-order valence-corrected chi connectivity index (χ0v) is 24.4. The second-order valence-electron chi connectivity index (χ2n) is 9.75. The average Bonchev–Trinajstić information content (AvgIpc) is 2.90. The molecule has 1 heterocycles. The summed E-state index contributed by atoms with van der Waals surface area (Å²) >= 11 is 0. The van der Waals surface area contributed by atoms with Gasteiger partial charge in [-0.1, -0.05) is 18.2 Å². The van der Waals surface area contributed by atoms with Crippen molar-refractivity contribution in [2.75, 3.05) is 13.2 Å². The van der Waals surface area contributed by atoms with Crippen LogP contribution in [0, 0.1) is 5.82 Å². The van der Waals surface area contributed by atoms with Gasteiger partial charge >= 0.3 is 23.9 Å². The van der Waals surface area contributed by atoms with Gasteiger partial charge in [0, 0.05) is 41.2 Å². The third kappa shape index (κ3) is 9.77. The number of hydrogen-bond donors (Lipinski definition) is 1. The average molecular weight is 604 g/mol. The summed E-state index contributed by atoms with van der Waals surface area (Å²) in [5.74, 6) is -3.41. The van der Waals surface area contributed by atoms with Gasteiger partial charge in [0.05, 0.1) is 0 Å². The Bertz CT molecular complexity index is 1350. The molecule has 1 aliphatic heterocycles. The van der Waals surface area contributed by atoms with Crippen molar-refractivity contribution in [2.45, 2.75) is 71.7 Å². The fourth-order valence-electron chi connectivity index (χ4n) is 4.56. The van der Waals surface area contributed by atoms with Crippen LogP contribution < -0.4 is 10.1 Å². The molecule has 12 nitrogen and oxygen atoms in total. The second kappa shape index (κ2) is 15.1. The molecular formula is C30H34FNO11. The third-order valence-electron chi connectivity index (χ3n) is 6.19. The molecule has 13 heteroatoms. The topological polar surface area (TPSA) is 153 Å². The van der Waals surface area contributed by atoms with Gasteiger partial charge < -0.3 is 33.7 Å². The molecular weight excluding hydrogens is 569 g/mol. The summed E-state index contributed by atoms with van der Waals surface area (Å²) < 4.78 is 47.7. The van der Waals surface area contributed by atoms with Crippen LogP contribution in [0.15, 0.2) is 42.5 Å². The fraction of sp³-hybridized carbons (Fsp3) is 0.433. The van der Waals surface area contributed by atoms with Crippen LogP contribution in [-0.2, 0) is 54.1 Å². The molecule has 232 valence electrons. The lowest BCUT2D eigenvalue weighted by molar-refractivity contribution is -0.288. The molecule has 3 rings (SSSR count). The molecule has 43 heavy (non-hydrogen) atoms. The lowest BCUT2D eigenvalue weighted by atomic mass is 9.96. The Hall–Kier alpha value is -4.52. The van der Waals surface area contributed by atoms with E-state index in [0.29, 0.717) is 24.1 Å². The van der Waals surface area contributed by atoms with Crippen molar-refractivity contribution in [3.8, 4) is 16.9 Å². The van der Waals surface area contributed by atoms with E-state index in [4.69, 9.17) is 28.4 Å². The normalized spacial score (nSPS) is 21.2. The highest BCUT2D eigenvalue weighted by atomic mass is 19.1. The highest BCUT2D eigenvalue weighted by Gasteiger charge is 2.53. The first-order valence-electron chi connectivity index (χ1n) is 13.4. The minimum Gasteiger partial charge on any atom is -0.463 e. The van der Waals surface area contributed by atoms with Gasteiger partial charge in [-0.15, -0.1) is 0 Å². The number of rotatable bonds is 11. The van der Waals surface area contributed by atoms with Crippen LogP contribution in [0.5, 0.6) is 5.75 Å². The van der Waals surface area contributed by atoms with Crippen molar-refractivity contribution < 1.29 is 56.8 Å². The van der Waals surface area contributed by atoms with Crippen molar-refractivity contribution in [3.05, 3.63) is 53.8 Å². The number of nitrogens with one attached hydrogen (secondary N) is 1. The van der Waals surface area contributed by atoms with Crippen LogP contribution in [-0.4, -0.2) is 73.6 Å². The van der Waals surface area contributed by atoms with Gasteiger partial charge in [-0.3, -0.25) is 24.0 Å². The Morgan fingerprint density at radius 2 is 1.47 bits per heavy atom. The summed E-state index contributed by atoms with van der Waals surface area (Å²) in [5.41, 5.74) is 1.89. The maximum atomic E-state index is 14.2. The molecule has 1 fully saturated rings. The zero-order valence-electron chi connectivity index (χ0n) is 24.4. The number of benzene rings is 2. The molecule has 0 aliphatic carbocycles. The summed E-state index contributed by atoms with van der Waals surface area (Å²) in [4.78, 5) is 59.1. The fourth-order valence-corrected chi connectivity index (χ4v) is 4.56. The van der Waals surface area contributed by atoms with E-state index in [1.54, 1.807) is 30.3 Å². The summed E-state index contributed by atoms with van der Waals surface area (Å²) in [5, 5.41) is 2.73. The standard InChI is InChI=1S/C30H34FNO11/c1-16(33)32-12-11-21-9-10-24(14-25(21)22-7-6-8-23(31)13-22)42-30-29(41-20(5)37)28(40-19(4)36)27(39-18(3)35)26(43-30)15-38-17(2)34/h6-10,13-14,26-30H,11-12,15H2,1-5H3,(H,32,33)/t26-,27+,28+,29-,30?/m1/s1. The van der Waals surface area contributed by atoms with Crippen LogP contribution >= 0.6 is 0 Å². The summed E-state index contributed by atoms with van der Waals surface area (Å²) in [6.45, 7) is 5.86. The smallest absolute Gasteiger partial charge is 0.303 e. The third-order valence-corrected chi connectivity index (χ3v) is 6.19. The SMILES string of the molecule is CC(=O)NCCc1ccc(OC2O[C@H](COC(C)=O)[C@H](OC(C)=O)[C@H](OC(C)=O)[C@H]2OC(C)=O)cc1-c1cccc(F)c1. The van der Waals surface area contributed by atoms with Crippen molar-refractivity contribution in [1.29, 1.82) is 0 Å². The van der Waals surface area contributed by atoms with E-state index in [9.17, 15) is 28.4 Å². The van der Waals surface area contributed by atoms with Crippen molar-refractivity contribution in [3.63, 3.8) is 0 Å². The number of carbonyl (C=O) groups excluding carboxylic acids is 5.